The van der Waals surface area contributed by atoms with Crippen molar-refractivity contribution in [2.24, 2.45) is 0 Å². The van der Waals surface area contributed by atoms with E-state index in [-0.39, 0.29) is 18.3 Å². The van der Waals surface area contributed by atoms with Crippen molar-refractivity contribution in [3.63, 3.8) is 0 Å². The summed E-state index contributed by atoms with van der Waals surface area (Å²) in [6.07, 6.45) is 0. The molecular formula is C19H22BIO3. The molecule has 0 spiro atoms. The van der Waals surface area contributed by atoms with Gasteiger partial charge in [-0.15, -0.1) is 0 Å². The Bertz CT molecular complexity index is 714. The second kappa shape index (κ2) is 6.69. The summed E-state index contributed by atoms with van der Waals surface area (Å²) in [5.74, 6) is 0.866. The van der Waals surface area contributed by atoms with Crippen LogP contribution in [0.3, 0.4) is 0 Å². The number of hydrogen-bond acceptors (Lipinski definition) is 3. The molecule has 0 atom stereocenters. The quantitative estimate of drug-likeness (QED) is 0.532. The van der Waals surface area contributed by atoms with E-state index in [1.807, 2.05) is 36.4 Å². The van der Waals surface area contributed by atoms with E-state index >= 15 is 0 Å². The molecule has 126 valence electrons. The molecule has 0 radical (unpaired) electrons. The van der Waals surface area contributed by atoms with Crippen LogP contribution >= 0.6 is 22.6 Å². The largest absolute Gasteiger partial charge is 0.495 e. The fraction of sp³-hybridized carbons (Fsp3) is 0.368. The Hall–Kier alpha value is -1.05. The van der Waals surface area contributed by atoms with Gasteiger partial charge in [-0.05, 0) is 79.5 Å². The summed E-state index contributed by atoms with van der Waals surface area (Å²) in [6.45, 7) is 8.76. The van der Waals surface area contributed by atoms with Gasteiger partial charge in [-0.1, -0.05) is 30.3 Å². The molecule has 0 saturated carbocycles. The molecule has 0 N–H and O–H groups in total. The van der Waals surface area contributed by atoms with E-state index in [2.05, 4.69) is 62.4 Å². The van der Waals surface area contributed by atoms with Crippen LogP contribution in [0.25, 0.3) is 0 Å². The summed E-state index contributed by atoms with van der Waals surface area (Å²) >= 11 is 2.28. The summed E-state index contributed by atoms with van der Waals surface area (Å²) in [4.78, 5) is 0. The van der Waals surface area contributed by atoms with Crippen LogP contribution in [-0.2, 0) is 15.9 Å². The molecular weight excluding hydrogens is 414 g/mol. The number of halogens is 1. The Labute approximate surface area is 158 Å². The zero-order valence-corrected chi connectivity index (χ0v) is 16.7. The van der Waals surface area contributed by atoms with Gasteiger partial charge in [-0.3, -0.25) is 0 Å². The van der Waals surface area contributed by atoms with E-state index < -0.39 is 0 Å². The standard InChI is InChI=1S/C19H22BIO3/c1-18(2)19(3,4)24-20(23-18)17-11-6-5-8-14(17)13-22-16-10-7-9-15(21)12-16/h5-12H,13H2,1-4H3. The highest BCUT2D eigenvalue weighted by Crippen LogP contribution is 2.36. The number of benzene rings is 2. The molecule has 1 heterocycles. The van der Waals surface area contributed by atoms with Crippen LogP contribution in [0.2, 0.25) is 0 Å². The van der Waals surface area contributed by atoms with Crippen molar-refractivity contribution in [2.75, 3.05) is 0 Å². The SMILES string of the molecule is CC1(C)OB(c2ccccc2COc2cccc(I)c2)OC1(C)C. The maximum atomic E-state index is 6.18. The van der Waals surface area contributed by atoms with Gasteiger partial charge in [-0.2, -0.15) is 0 Å². The van der Waals surface area contributed by atoms with Crippen molar-refractivity contribution in [1.29, 1.82) is 0 Å². The van der Waals surface area contributed by atoms with Crippen LogP contribution < -0.4 is 10.2 Å². The average Bonchev–Trinajstić information content (AvgIpc) is 2.74. The minimum absolute atomic E-state index is 0.346. The zero-order chi connectivity index (χ0) is 17.4. The molecule has 0 aromatic heterocycles. The lowest BCUT2D eigenvalue weighted by Gasteiger charge is -2.32. The van der Waals surface area contributed by atoms with Crippen molar-refractivity contribution >= 4 is 35.2 Å². The van der Waals surface area contributed by atoms with Gasteiger partial charge in [0.15, 0.2) is 0 Å². The molecule has 1 fully saturated rings. The number of rotatable bonds is 4. The third-order valence-electron chi connectivity index (χ3n) is 4.75. The van der Waals surface area contributed by atoms with E-state index in [9.17, 15) is 0 Å². The van der Waals surface area contributed by atoms with E-state index in [1.54, 1.807) is 0 Å². The highest BCUT2D eigenvalue weighted by Gasteiger charge is 2.52. The Morgan fingerprint density at radius 3 is 2.29 bits per heavy atom. The zero-order valence-electron chi connectivity index (χ0n) is 14.5. The normalized spacial score (nSPS) is 18.6. The molecule has 1 saturated heterocycles. The molecule has 24 heavy (non-hydrogen) atoms. The van der Waals surface area contributed by atoms with Gasteiger partial charge in [-0.25, -0.2) is 0 Å². The van der Waals surface area contributed by atoms with Crippen LogP contribution in [0.15, 0.2) is 48.5 Å². The van der Waals surface area contributed by atoms with Gasteiger partial charge < -0.3 is 14.0 Å². The molecule has 1 aliphatic rings. The minimum atomic E-state index is -0.370. The van der Waals surface area contributed by atoms with Crippen molar-refractivity contribution in [2.45, 2.75) is 45.5 Å². The van der Waals surface area contributed by atoms with E-state index in [1.165, 1.54) is 0 Å². The highest BCUT2D eigenvalue weighted by molar-refractivity contribution is 14.1. The van der Waals surface area contributed by atoms with Crippen LogP contribution in [-0.4, -0.2) is 18.3 Å². The topological polar surface area (TPSA) is 27.7 Å². The van der Waals surface area contributed by atoms with Gasteiger partial charge in [0.25, 0.3) is 0 Å². The molecule has 0 aliphatic carbocycles. The second-order valence-corrected chi connectivity index (χ2v) is 8.28. The lowest BCUT2D eigenvalue weighted by Crippen LogP contribution is -2.41. The molecule has 0 amide bonds. The van der Waals surface area contributed by atoms with Gasteiger partial charge >= 0.3 is 7.12 Å². The summed E-state index contributed by atoms with van der Waals surface area (Å²) in [5.41, 5.74) is 1.42. The molecule has 5 heteroatoms. The minimum Gasteiger partial charge on any atom is -0.489 e. The smallest absolute Gasteiger partial charge is 0.489 e. The lowest BCUT2D eigenvalue weighted by atomic mass is 9.76. The van der Waals surface area contributed by atoms with E-state index in [0.717, 1.165) is 20.3 Å². The van der Waals surface area contributed by atoms with Crippen molar-refractivity contribution < 1.29 is 14.0 Å². The molecule has 3 rings (SSSR count). The van der Waals surface area contributed by atoms with Crippen molar-refractivity contribution in [3.8, 4) is 5.75 Å². The Morgan fingerprint density at radius 1 is 0.958 bits per heavy atom. The van der Waals surface area contributed by atoms with E-state index in [4.69, 9.17) is 14.0 Å². The summed E-state index contributed by atoms with van der Waals surface area (Å²) in [6, 6.07) is 16.2. The first-order valence-corrected chi connectivity index (χ1v) is 9.18. The first-order chi connectivity index (χ1) is 11.3. The van der Waals surface area contributed by atoms with Gasteiger partial charge in [0.2, 0.25) is 0 Å². The first kappa shape index (κ1) is 17.8. The van der Waals surface area contributed by atoms with E-state index in [0.29, 0.717) is 6.61 Å². The monoisotopic (exact) mass is 436 g/mol. The molecule has 2 aromatic rings. The summed E-state index contributed by atoms with van der Waals surface area (Å²) in [5, 5.41) is 0. The lowest BCUT2D eigenvalue weighted by molar-refractivity contribution is 0.00578. The van der Waals surface area contributed by atoms with Gasteiger partial charge in [0.1, 0.15) is 12.4 Å². The predicted molar refractivity (Wildman–Crippen MR) is 106 cm³/mol. The molecule has 2 aromatic carbocycles. The highest BCUT2D eigenvalue weighted by atomic mass is 127. The second-order valence-electron chi connectivity index (χ2n) is 7.03. The van der Waals surface area contributed by atoms with Crippen molar-refractivity contribution in [1.82, 2.24) is 0 Å². The fourth-order valence-electron chi connectivity index (χ4n) is 2.58. The maximum absolute atomic E-state index is 6.18. The summed E-state index contributed by atoms with van der Waals surface area (Å²) in [7, 11) is -0.370. The van der Waals surface area contributed by atoms with Gasteiger partial charge in [0, 0.05) is 3.57 Å². The van der Waals surface area contributed by atoms with Crippen molar-refractivity contribution in [3.05, 3.63) is 57.7 Å². The number of hydrogen-bond donors (Lipinski definition) is 0. The molecule has 0 unspecified atom stereocenters. The van der Waals surface area contributed by atoms with Gasteiger partial charge in [0.05, 0.1) is 11.2 Å². The third-order valence-corrected chi connectivity index (χ3v) is 5.42. The predicted octanol–water partition coefficient (Wildman–Crippen LogP) is 4.17. The van der Waals surface area contributed by atoms with Crippen LogP contribution in [0.1, 0.15) is 33.3 Å². The average molecular weight is 436 g/mol. The Morgan fingerprint density at radius 2 is 1.62 bits per heavy atom. The van der Waals surface area contributed by atoms with Crippen LogP contribution in [0, 0.1) is 3.57 Å². The fourth-order valence-corrected chi connectivity index (χ4v) is 3.10. The maximum Gasteiger partial charge on any atom is 0.495 e. The molecule has 0 bridgehead atoms. The first-order valence-electron chi connectivity index (χ1n) is 8.10. The third kappa shape index (κ3) is 3.63. The molecule has 1 aliphatic heterocycles. The summed E-state index contributed by atoms with van der Waals surface area (Å²) < 4.78 is 19.5. The Kier molecular flexibility index (Phi) is 4.95. The van der Waals surface area contributed by atoms with Crippen LogP contribution in [0.4, 0.5) is 0 Å². The number of ether oxygens (including phenoxy) is 1. The molecule has 3 nitrogen and oxygen atoms in total. The van der Waals surface area contributed by atoms with Crippen LogP contribution in [0.5, 0.6) is 5.75 Å². The Balaban J connectivity index is 1.79.